The molecule has 0 N–H and O–H groups in total. The predicted octanol–water partition coefficient (Wildman–Crippen LogP) is 8.65. The van der Waals surface area contributed by atoms with Crippen molar-refractivity contribution in [3.05, 3.63) is 107 Å². The lowest BCUT2D eigenvalue weighted by Gasteiger charge is -2.18. The van der Waals surface area contributed by atoms with Crippen LogP contribution in [0.15, 0.2) is 81.6 Å². The fourth-order valence-corrected chi connectivity index (χ4v) is 6.19. The van der Waals surface area contributed by atoms with Gasteiger partial charge in [0.05, 0.1) is 36.8 Å². The molecular formula is C46H56N2O10. The van der Waals surface area contributed by atoms with Crippen LogP contribution in [-0.4, -0.2) is 72.7 Å². The number of esters is 2. The van der Waals surface area contributed by atoms with Crippen LogP contribution in [0.4, 0.5) is 0 Å². The van der Waals surface area contributed by atoms with Crippen LogP contribution in [-0.2, 0) is 54.2 Å². The minimum absolute atomic E-state index is 0.202. The summed E-state index contributed by atoms with van der Waals surface area (Å²) in [6.45, 7) is 16.5. The molecule has 0 aliphatic rings. The average Bonchev–Trinajstić information content (AvgIpc) is 3.76. The number of hydrogen-bond donors (Lipinski definition) is 0. The van der Waals surface area contributed by atoms with Gasteiger partial charge in [-0.2, -0.15) is 0 Å². The van der Waals surface area contributed by atoms with Crippen LogP contribution in [0, 0.1) is 13.8 Å². The van der Waals surface area contributed by atoms with E-state index in [0.717, 1.165) is 45.2 Å². The lowest BCUT2D eigenvalue weighted by Crippen LogP contribution is -2.30. The van der Waals surface area contributed by atoms with Crippen molar-refractivity contribution in [3.8, 4) is 34.4 Å². The lowest BCUT2D eigenvalue weighted by molar-refractivity contribution is -0.161. The zero-order valence-corrected chi connectivity index (χ0v) is 34.9. The molecule has 12 heteroatoms. The Bertz CT molecular complexity index is 1910. The van der Waals surface area contributed by atoms with Crippen LogP contribution in [0.3, 0.4) is 0 Å². The smallest absolute Gasteiger partial charge is 0.335 e. The number of oxazole rings is 2. The summed E-state index contributed by atoms with van der Waals surface area (Å²) in [6.07, 6.45) is 0.246. The van der Waals surface area contributed by atoms with Gasteiger partial charge in [0.25, 0.3) is 0 Å². The molecule has 0 saturated heterocycles. The molecule has 2 atom stereocenters. The van der Waals surface area contributed by atoms with E-state index in [1.165, 1.54) is 0 Å². The maximum absolute atomic E-state index is 12.4. The Labute approximate surface area is 341 Å². The van der Waals surface area contributed by atoms with E-state index in [9.17, 15) is 9.59 Å². The molecule has 0 aliphatic heterocycles. The second kappa shape index (κ2) is 21.3. The van der Waals surface area contributed by atoms with E-state index in [-0.39, 0.29) is 24.1 Å². The Kier molecular flexibility index (Phi) is 16.1. The largest absolute Gasteiger partial charge is 0.493 e. The molecule has 58 heavy (non-hydrogen) atoms. The third kappa shape index (κ3) is 12.8. The molecule has 2 heterocycles. The van der Waals surface area contributed by atoms with Crippen LogP contribution >= 0.6 is 0 Å². The van der Waals surface area contributed by atoms with Crippen molar-refractivity contribution in [2.24, 2.45) is 0 Å². The van der Waals surface area contributed by atoms with Gasteiger partial charge in [-0.25, -0.2) is 19.6 Å². The lowest BCUT2D eigenvalue weighted by atomic mass is 10.1. The Balaban J connectivity index is 1.12. The van der Waals surface area contributed by atoms with Gasteiger partial charge in [-0.1, -0.05) is 30.3 Å². The number of carbonyl (C=O) groups excluding carboxylic acids is 2. The zero-order chi connectivity index (χ0) is 41.6. The summed E-state index contributed by atoms with van der Waals surface area (Å²) in [4.78, 5) is 34.4. The molecule has 0 spiro atoms. The zero-order valence-electron chi connectivity index (χ0n) is 34.9. The van der Waals surface area contributed by atoms with Crippen molar-refractivity contribution in [1.82, 2.24) is 9.97 Å². The van der Waals surface area contributed by atoms with Crippen molar-refractivity contribution in [3.63, 3.8) is 0 Å². The SMILES string of the molecule is CCOC(Cc1ccc(OCCc2nc(-c3cccc(-c4nc(CCOc5ccc(C[C@H](OCC)C(=O)OC(C)C)cc5)c(C)o4)c3)oc2C)cc1)C(=O)OC(C)C. The quantitative estimate of drug-likeness (QED) is 0.0619. The van der Waals surface area contributed by atoms with E-state index in [1.54, 1.807) is 0 Å². The highest BCUT2D eigenvalue weighted by Gasteiger charge is 2.23. The molecule has 0 saturated carbocycles. The Morgan fingerprint density at radius 2 is 1.00 bits per heavy atom. The molecule has 0 fully saturated rings. The number of aryl methyl sites for hydroxylation is 2. The average molecular weight is 797 g/mol. The molecule has 1 unspecified atom stereocenters. The first-order valence-corrected chi connectivity index (χ1v) is 20.0. The van der Waals surface area contributed by atoms with Gasteiger partial charge < -0.3 is 37.3 Å². The van der Waals surface area contributed by atoms with Gasteiger partial charge >= 0.3 is 11.9 Å². The highest BCUT2D eigenvalue weighted by Crippen LogP contribution is 2.29. The summed E-state index contributed by atoms with van der Waals surface area (Å²) in [5.74, 6) is 3.17. The summed E-state index contributed by atoms with van der Waals surface area (Å²) in [6, 6.07) is 23.0. The Morgan fingerprint density at radius 1 is 0.603 bits per heavy atom. The van der Waals surface area contributed by atoms with Crippen LogP contribution in [0.25, 0.3) is 22.9 Å². The molecule has 2 aromatic heterocycles. The van der Waals surface area contributed by atoms with Gasteiger partial charge in [0.2, 0.25) is 11.8 Å². The minimum atomic E-state index is -0.652. The summed E-state index contributed by atoms with van der Waals surface area (Å²) in [5, 5.41) is 0. The standard InChI is InChI=1S/C46H56N2O10/c1-9-51-41(45(49)55-29(3)4)26-33-14-18-37(19-15-33)53-24-22-39-31(7)57-43(47-39)35-12-11-13-36(28-35)44-48-40(32(8)58-44)23-25-54-38-20-16-34(17-21-38)27-42(52-10-2)46(50)56-30(5)6/h11-21,28-30,41-42H,9-10,22-27H2,1-8H3/t41-,42?/m0/s1. The van der Waals surface area contributed by atoms with E-state index in [0.29, 0.717) is 75.4 Å². The molecule has 0 amide bonds. The number of aromatic nitrogens is 2. The fraction of sp³-hybridized carbons (Fsp3) is 0.435. The van der Waals surface area contributed by atoms with Crippen molar-refractivity contribution < 1.29 is 46.8 Å². The van der Waals surface area contributed by atoms with Crippen molar-refractivity contribution in [2.75, 3.05) is 26.4 Å². The third-order valence-electron chi connectivity index (χ3n) is 9.01. The van der Waals surface area contributed by atoms with Crippen LogP contribution in [0.1, 0.15) is 75.6 Å². The van der Waals surface area contributed by atoms with Crippen LogP contribution in [0.2, 0.25) is 0 Å². The molecule has 0 bridgehead atoms. The monoisotopic (exact) mass is 796 g/mol. The van der Waals surface area contributed by atoms with E-state index < -0.39 is 12.2 Å². The number of rotatable bonds is 22. The summed E-state index contributed by atoms with van der Waals surface area (Å²) < 4.78 is 46.2. The van der Waals surface area contributed by atoms with E-state index in [4.69, 9.17) is 47.2 Å². The van der Waals surface area contributed by atoms with Gasteiger partial charge in [-0.3, -0.25) is 0 Å². The van der Waals surface area contributed by atoms with Gasteiger partial charge in [-0.05, 0) is 109 Å². The topological polar surface area (TPSA) is 142 Å². The summed E-state index contributed by atoms with van der Waals surface area (Å²) in [5.41, 5.74) is 5.13. The second-order valence-electron chi connectivity index (χ2n) is 14.4. The second-order valence-corrected chi connectivity index (χ2v) is 14.4. The number of nitrogens with zero attached hydrogens (tertiary/aromatic N) is 2. The molecule has 0 aliphatic carbocycles. The van der Waals surface area contributed by atoms with Gasteiger partial charge in [0, 0.05) is 50.0 Å². The van der Waals surface area contributed by atoms with Gasteiger partial charge in [-0.15, -0.1) is 0 Å². The van der Waals surface area contributed by atoms with Gasteiger partial charge in [0.1, 0.15) is 23.0 Å². The first kappa shape index (κ1) is 43.7. The van der Waals surface area contributed by atoms with Gasteiger partial charge in [0.15, 0.2) is 12.2 Å². The van der Waals surface area contributed by atoms with Crippen LogP contribution in [0.5, 0.6) is 11.5 Å². The first-order chi connectivity index (χ1) is 27.9. The Morgan fingerprint density at radius 3 is 1.36 bits per heavy atom. The molecule has 5 aromatic rings. The Hall–Kier alpha value is -5.46. The summed E-state index contributed by atoms with van der Waals surface area (Å²) in [7, 11) is 0. The molecule has 310 valence electrons. The molecule has 5 rings (SSSR count). The van der Waals surface area contributed by atoms with E-state index >= 15 is 0 Å². The number of carbonyl (C=O) groups is 2. The van der Waals surface area contributed by atoms with Crippen molar-refractivity contribution in [2.45, 2.75) is 105 Å². The maximum atomic E-state index is 12.4. The number of ether oxygens (including phenoxy) is 6. The van der Waals surface area contributed by atoms with E-state index in [1.807, 2.05) is 128 Å². The first-order valence-electron chi connectivity index (χ1n) is 20.0. The number of hydrogen-bond acceptors (Lipinski definition) is 12. The molecular weight excluding hydrogens is 741 g/mol. The number of benzene rings is 3. The molecule has 0 radical (unpaired) electrons. The van der Waals surface area contributed by atoms with Crippen molar-refractivity contribution >= 4 is 11.9 Å². The fourth-order valence-electron chi connectivity index (χ4n) is 6.19. The van der Waals surface area contributed by atoms with Crippen molar-refractivity contribution in [1.29, 1.82) is 0 Å². The predicted molar refractivity (Wildman–Crippen MR) is 219 cm³/mol. The minimum Gasteiger partial charge on any atom is -0.493 e. The highest BCUT2D eigenvalue weighted by atomic mass is 16.6. The maximum Gasteiger partial charge on any atom is 0.335 e. The van der Waals surface area contributed by atoms with Crippen LogP contribution < -0.4 is 9.47 Å². The molecule has 12 nitrogen and oxygen atoms in total. The van der Waals surface area contributed by atoms with E-state index in [2.05, 4.69) is 0 Å². The third-order valence-corrected chi connectivity index (χ3v) is 9.01. The highest BCUT2D eigenvalue weighted by molar-refractivity contribution is 5.75. The normalized spacial score (nSPS) is 12.4. The summed E-state index contributed by atoms with van der Waals surface area (Å²) >= 11 is 0. The molecule has 3 aromatic carbocycles.